The van der Waals surface area contributed by atoms with Gasteiger partial charge in [-0.05, 0) is 50.6 Å². The van der Waals surface area contributed by atoms with Crippen LogP contribution in [0.4, 0.5) is 0 Å². The summed E-state index contributed by atoms with van der Waals surface area (Å²) < 4.78 is 5.42. The van der Waals surface area contributed by atoms with Gasteiger partial charge in [-0.1, -0.05) is 17.8 Å². The third-order valence-electron chi connectivity index (χ3n) is 2.99. The van der Waals surface area contributed by atoms with Gasteiger partial charge in [0.05, 0.1) is 7.11 Å². The lowest BCUT2D eigenvalue weighted by Gasteiger charge is -2.16. The fraction of sp³-hybridized carbons (Fsp3) is 0.312. The molecule has 1 aromatic heterocycles. The number of rotatable bonds is 4. The van der Waals surface area contributed by atoms with Gasteiger partial charge in [0, 0.05) is 22.2 Å². The number of methoxy groups -OCH3 is 1. The summed E-state index contributed by atoms with van der Waals surface area (Å²) in [7, 11) is 1.67. The average molecular weight is 288 g/mol. The molecular weight excluding hydrogens is 268 g/mol. The van der Waals surface area contributed by atoms with E-state index in [0.29, 0.717) is 0 Å². The van der Waals surface area contributed by atoms with Gasteiger partial charge in [-0.25, -0.2) is 4.98 Å². The Kier molecular flexibility index (Phi) is 4.68. The number of hydrogen-bond acceptors (Lipinski definition) is 4. The molecule has 2 rings (SSSR count). The second-order valence-corrected chi connectivity index (χ2v) is 5.95. The Labute approximate surface area is 124 Å². The third kappa shape index (κ3) is 3.32. The number of hydrogen-bond donors (Lipinski definition) is 1. The summed E-state index contributed by atoms with van der Waals surface area (Å²) in [6, 6.07) is 10.1. The largest absolute Gasteiger partial charge is 0.496 e. The van der Waals surface area contributed by atoms with E-state index in [1.54, 1.807) is 18.9 Å². The quantitative estimate of drug-likeness (QED) is 0.927. The fourth-order valence-electron chi connectivity index (χ4n) is 2.21. The van der Waals surface area contributed by atoms with Crippen molar-refractivity contribution < 1.29 is 4.74 Å². The number of nitrogens with zero attached hydrogens (tertiary/aromatic N) is 1. The molecule has 1 atom stereocenters. The van der Waals surface area contributed by atoms with Crippen molar-refractivity contribution in [2.24, 2.45) is 5.73 Å². The van der Waals surface area contributed by atoms with Gasteiger partial charge in [0.15, 0.2) is 0 Å². The molecule has 4 heteroatoms. The van der Waals surface area contributed by atoms with Gasteiger partial charge in [0.1, 0.15) is 10.8 Å². The van der Waals surface area contributed by atoms with Crippen molar-refractivity contribution in [1.82, 2.24) is 4.98 Å². The van der Waals surface area contributed by atoms with Crippen molar-refractivity contribution in [2.75, 3.05) is 7.11 Å². The lowest BCUT2D eigenvalue weighted by molar-refractivity contribution is 0.405. The summed E-state index contributed by atoms with van der Waals surface area (Å²) in [5, 5.41) is 0.984. The minimum Gasteiger partial charge on any atom is -0.496 e. The lowest BCUT2D eigenvalue weighted by atomic mass is 10.1. The molecule has 0 saturated heterocycles. The summed E-state index contributed by atoms with van der Waals surface area (Å²) in [4.78, 5) is 5.66. The molecule has 1 aromatic carbocycles. The SMILES string of the molecule is COc1cccc(Sc2cc(C)cc(C)n2)c1C(C)N. The number of benzene rings is 1. The Bertz CT molecular complexity index is 591. The zero-order valence-corrected chi connectivity index (χ0v) is 13.1. The van der Waals surface area contributed by atoms with E-state index < -0.39 is 0 Å². The minimum absolute atomic E-state index is 0.0837. The summed E-state index contributed by atoms with van der Waals surface area (Å²) in [5.74, 6) is 0.828. The van der Waals surface area contributed by atoms with Crippen LogP contribution < -0.4 is 10.5 Å². The molecule has 0 bridgehead atoms. The van der Waals surface area contributed by atoms with Crippen LogP contribution in [0.25, 0.3) is 0 Å². The van der Waals surface area contributed by atoms with E-state index in [-0.39, 0.29) is 6.04 Å². The van der Waals surface area contributed by atoms with E-state index in [2.05, 4.69) is 30.1 Å². The first-order valence-electron chi connectivity index (χ1n) is 6.57. The van der Waals surface area contributed by atoms with Crippen LogP contribution >= 0.6 is 11.8 Å². The number of nitrogens with two attached hydrogens (primary N) is 1. The molecule has 0 fully saturated rings. The van der Waals surface area contributed by atoms with Gasteiger partial charge < -0.3 is 10.5 Å². The second kappa shape index (κ2) is 6.29. The maximum atomic E-state index is 6.09. The molecule has 1 unspecified atom stereocenters. The van der Waals surface area contributed by atoms with Crippen molar-refractivity contribution in [1.29, 1.82) is 0 Å². The molecule has 0 radical (unpaired) electrons. The van der Waals surface area contributed by atoms with Crippen LogP contribution in [0.15, 0.2) is 40.3 Å². The fourth-order valence-corrected chi connectivity index (χ4v) is 3.41. The van der Waals surface area contributed by atoms with Gasteiger partial charge in [0.2, 0.25) is 0 Å². The van der Waals surface area contributed by atoms with E-state index in [1.807, 2.05) is 26.0 Å². The second-order valence-electron chi connectivity index (χ2n) is 4.89. The molecule has 0 aliphatic rings. The van der Waals surface area contributed by atoms with Crippen LogP contribution in [-0.4, -0.2) is 12.1 Å². The number of pyridine rings is 1. The molecule has 0 aliphatic carbocycles. The molecule has 106 valence electrons. The van der Waals surface area contributed by atoms with Gasteiger partial charge in [-0.3, -0.25) is 0 Å². The Hall–Kier alpha value is -1.52. The Morgan fingerprint density at radius 2 is 2.00 bits per heavy atom. The molecule has 0 aliphatic heterocycles. The van der Waals surface area contributed by atoms with Crippen molar-refractivity contribution in [2.45, 2.75) is 36.7 Å². The molecular formula is C16H20N2OS. The average Bonchev–Trinajstić information content (AvgIpc) is 2.36. The topological polar surface area (TPSA) is 48.1 Å². The van der Waals surface area contributed by atoms with Crippen molar-refractivity contribution in [3.05, 3.63) is 47.2 Å². The standard InChI is InChI=1S/C16H20N2OS/c1-10-8-11(2)18-15(9-10)20-14-7-5-6-13(19-4)16(14)12(3)17/h5-9,12H,17H2,1-4H3. The summed E-state index contributed by atoms with van der Waals surface area (Å²) in [6.07, 6.45) is 0. The zero-order chi connectivity index (χ0) is 14.7. The number of aromatic nitrogens is 1. The Balaban J connectivity index is 2.42. The predicted molar refractivity (Wildman–Crippen MR) is 83.4 cm³/mol. The van der Waals surface area contributed by atoms with Crippen LogP contribution in [0, 0.1) is 13.8 Å². The molecule has 2 N–H and O–H groups in total. The molecule has 3 nitrogen and oxygen atoms in total. The monoisotopic (exact) mass is 288 g/mol. The smallest absolute Gasteiger partial charge is 0.124 e. The van der Waals surface area contributed by atoms with Gasteiger partial charge >= 0.3 is 0 Å². The first-order valence-corrected chi connectivity index (χ1v) is 7.38. The van der Waals surface area contributed by atoms with Crippen LogP contribution in [0.1, 0.15) is 29.8 Å². The third-order valence-corrected chi connectivity index (χ3v) is 3.98. The van der Waals surface area contributed by atoms with E-state index in [1.165, 1.54) is 5.56 Å². The summed E-state index contributed by atoms with van der Waals surface area (Å²) in [6.45, 7) is 6.06. The van der Waals surface area contributed by atoms with Crippen molar-refractivity contribution >= 4 is 11.8 Å². The zero-order valence-electron chi connectivity index (χ0n) is 12.3. The lowest BCUT2D eigenvalue weighted by Crippen LogP contribution is -2.08. The van der Waals surface area contributed by atoms with E-state index in [9.17, 15) is 0 Å². The molecule has 2 aromatic rings. The van der Waals surface area contributed by atoms with Crippen LogP contribution in [0.2, 0.25) is 0 Å². The highest BCUT2D eigenvalue weighted by molar-refractivity contribution is 7.99. The highest BCUT2D eigenvalue weighted by Gasteiger charge is 2.14. The summed E-state index contributed by atoms with van der Waals surface area (Å²) >= 11 is 1.63. The predicted octanol–water partition coefficient (Wildman–Crippen LogP) is 3.88. The van der Waals surface area contributed by atoms with Gasteiger partial charge in [-0.2, -0.15) is 0 Å². The molecule has 0 amide bonds. The number of ether oxygens (including phenoxy) is 1. The normalized spacial score (nSPS) is 12.2. The maximum absolute atomic E-state index is 6.09. The Morgan fingerprint density at radius 1 is 1.25 bits per heavy atom. The molecule has 1 heterocycles. The first kappa shape index (κ1) is 14.9. The van der Waals surface area contributed by atoms with Crippen LogP contribution in [-0.2, 0) is 0 Å². The highest BCUT2D eigenvalue weighted by Crippen LogP contribution is 2.37. The van der Waals surface area contributed by atoms with Crippen LogP contribution in [0.5, 0.6) is 5.75 Å². The van der Waals surface area contributed by atoms with E-state index in [0.717, 1.165) is 26.9 Å². The van der Waals surface area contributed by atoms with Gasteiger partial charge in [-0.15, -0.1) is 0 Å². The van der Waals surface area contributed by atoms with Crippen molar-refractivity contribution in [3.8, 4) is 5.75 Å². The maximum Gasteiger partial charge on any atom is 0.124 e. The first-order chi connectivity index (χ1) is 9.51. The molecule has 0 saturated carbocycles. The minimum atomic E-state index is -0.0837. The van der Waals surface area contributed by atoms with E-state index >= 15 is 0 Å². The molecule has 20 heavy (non-hydrogen) atoms. The number of aryl methyl sites for hydroxylation is 2. The van der Waals surface area contributed by atoms with Gasteiger partial charge in [0.25, 0.3) is 0 Å². The van der Waals surface area contributed by atoms with E-state index in [4.69, 9.17) is 10.5 Å². The van der Waals surface area contributed by atoms with Crippen LogP contribution in [0.3, 0.4) is 0 Å². The Morgan fingerprint density at radius 3 is 2.60 bits per heavy atom. The molecule has 0 spiro atoms. The van der Waals surface area contributed by atoms with Crippen molar-refractivity contribution in [3.63, 3.8) is 0 Å². The highest BCUT2D eigenvalue weighted by atomic mass is 32.2. The summed E-state index contributed by atoms with van der Waals surface area (Å²) in [5.41, 5.74) is 9.36.